The molecule has 0 N–H and O–H groups in total. The number of hydrogen-bond acceptors (Lipinski definition) is 5. The number of thiophene rings is 1. The third-order valence-electron chi connectivity index (χ3n) is 6.22. The standard InChI is InChI=1S/C24H24FN3O2S/c25-17-6-7-18-20(16-17)24(30)28(23(18)29)10-2-1-9-26-11-13-27(14-12-26)21-4-3-5-22-19(21)8-15-31-22/h3-8,15-16H,1-2,9-14H2. The second-order valence-electron chi connectivity index (χ2n) is 8.10. The van der Waals surface area contributed by atoms with Crippen molar-refractivity contribution in [3.8, 4) is 0 Å². The van der Waals surface area contributed by atoms with E-state index in [1.54, 1.807) is 11.3 Å². The fourth-order valence-corrected chi connectivity index (χ4v) is 5.35. The average molecular weight is 438 g/mol. The molecule has 160 valence electrons. The molecule has 0 bridgehead atoms. The molecule has 0 radical (unpaired) electrons. The van der Waals surface area contributed by atoms with Crippen LogP contribution >= 0.6 is 11.3 Å². The number of amides is 2. The quantitative estimate of drug-likeness (QED) is 0.427. The van der Waals surface area contributed by atoms with Crippen molar-refractivity contribution in [3.05, 3.63) is 64.8 Å². The number of fused-ring (bicyclic) bond motifs is 2. The summed E-state index contributed by atoms with van der Waals surface area (Å²) in [7, 11) is 0. The maximum atomic E-state index is 13.4. The summed E-state index contributed by atoms with van der Waals surface area (Å²) >= 11 is 1.78. The molecule has 1 aromatic heterocycles. The fraction of sp³-hybridized carbons (Fsp3) is 0.333. The molecule has 5 rings (SSSR count). The van der Waals surface area contributed by atoms with Crippen molar-refractivity contribution in [2.24, 2.45) is 0 Å². The van der Waals surface area contributed by atoms with E-state index in [9.17, 15) is 14.0 Å². The van der Waals surface area contributed by atoms with E-state index in [1.165, 1.54) is 32.8 Å². The van der Waals surface area contributed by atoms with Gasteiger partial charge in [-0.2, -0.15) is 0 Å². The van der Waals surface area contributed by atoms with Crippen molar-refractivity contribution in [2.75, 3.05) is 44.2 Å². The zero-order valence-corrected chi connectivity index (χ0v) is 18.0. The number of nitrogens with zero attached hydrogens (tertiary/aromatic N) is 3. The smallest absolute Gasteiger partial charge is 0.261 e. The molecule has 2 aliphatic rings. The Hall–Kier alpha value is -2.77. The summed E-state index contributed by atoms with van der Waals surface area (Å²) in [6, 6.07) is 12.5. The van der Waals surface area contributed by atoms with Gasteiger partial charge < -0.3 is 4.90 Å². The normalized spacial score (nSPS) is 17.1. The van der Waals surface area contributed by atoms with Crippen LogP contribution in [0.4, 0.5) is 10.1 Å². The van der Waals surface area contributed by atoms with Gasteiger partial charge in [-0.05, 0) is 61.2 Å². The van der Waals surface area contributed by atoms with Crippen molar-refractivity contribution in [1.82, 2.24) is 9.80 Å². The molecule has 0 saturated carbocycles. The van der Waals surface area contributed by atoms with Crippen molar-refractivity contribution >= 4 is 38.9 Å². The highest BCUT2D eigenvalue weighted by atomic mass is 32.1. The number of benzene rings is 2. The van der Waals surface area contributed by atoms with Crippen molar-refractivity contribution in [2.45, 2.75) is 12.8 Å². The molecule has 1 fully saturated rings. The molecule has 7 heteroatoms. The predicted octanol–water partition coefficient (Wildman–Crippen LogP) is 4.24. The summed E-state index contributed by atoms with van der Waals surface area (Å²) in [5.74, 6) is -1.18. The van der Waals surface area contributed by atoms with Gasteiger partial charge in [0, 0.05) is 48.5 Å². The summed E-state index contributed by atoms with van der Waals surface area (Å²) in [6.45, 7) is 5.35. The Kier molecular flexibility index (Phi) is 5.46. The lowest BCUT2D eigenvalue weighted by Crippen LogP contribution is -2.46. The Labute approximate surface area is 184 Å². The van der Waals surface area contributed by atoms with Gasteiger partial charge in [0.05, 0.1) is 11.1 Å². The van der Waals surface area contributed by atoms with Crippen LogP contribution in [0.25, 0.3) is 10.1 Å². The molecule has 5 nitrogen and oxygen atoms in total. The van der Waals surface area contributed by atoms with E-state index < -0.39 is 5.82 Å². The molecule has 0 unspecified atom stereocenters. The van der Waals surface area contributed by atoms with Crippen LogP contribution in [0.15, 0.2) is 47.8 Å². The summed E-state index contributed by atoms with van der Waals surface area (Å²) in [4.78, 5) is 31.0. The molecule has 31 heavy (non-hydrogen) atoms. The summed E-state index contributed by atoms with van der Waals surface area (Å²) < 4.78 is 14.7. The number of anilines is 1. The molecular weight excluding hydrogens is 413 g/mol. The Morgan fingerprint density at radius 1 is 0.871 bits per heavy atom. The largest absolute Gasteiger partial charge is 0.368 e. The monoisotopic (exact) mass is 437 g/mol. The molecule has 0 aliphatic carbocycles. The average Bonchev–Trinajstić information content (AvgIpc) is 3.35. The summed E-state index contributed by atoms with van der Waals surface area (Å²) in [5.41, 5.74) is 1.81. The van der Waals surface area contributed by atoms with Gasteiger partial charge in [0.1, 0.15) is 5.82 Å². The Morgan fingerprint density at radius 2 is 1.65 bits per heavy atom. The van der Waals surface area contributed by atoms with Crippen molar-refractivity contribution in [3.63, 3.8) is 0 Å². The minimum absolute atomic E-state index is 0.182. The van der Waals surface area contributed by atoms with Crippen LogP contribution in [0.2, 0.25) is 0 Å². The molecule has 1 saturated heterocycles. The Morgan fingerprint density at radius 3 is 2.48 bits per heavy atom. The van der Waals surface area contributed by atoms with E-state index in [4.69, 9.17) is 0 Å². The Balaban J connectivity index is 1.09. The molecule has 2 aromatic carbocycles. The van der Waals surface area contributed by atoms with Crippen LogP contribution in [0, 0.1) is 5.82 Å². The highest BCUT2D eigenvalue weighted by Crippen LogP contribution is 2.31. The minimum atomic E-state index is -0.490. The number of halogens is 1. The van der Waals surface area contributed by atoms with Gasteiger partial charge in [0.15, 0.2) is 0 Å². The van der Waals surface area contributed by atoms with Crippen molar-refractivity contribution in [1.29, 1.82) is 0 Å². The topological polar surface area (TPSA) is 43.9 Å². The lowest BCUT2D eigenvalue weighted by atomic mass is 10.1. The molecule has 0 atom stereocenters. The summed E-state index contributed by atoms with van der Waals surface area (Å²) in [5, 5.41) is 3.48. The zero-order valence-electron chi connectivity index (χ0n) is 17.2. The van der Waals surface area contributed by atoms with E-state index in [0.717, 1.165) is 51.6 Å². The third kappa shape index (κ3) is 3.83. The lowest BCUT2D eigenvalue weighted by Gasteiger charge is -2.36. The van der Waals surface area contributed by atoms with Gasteiger partial charge in [0.25, 0.3) is 11.8 Å². The highest BCUT2D eigenvalue weighted by molar-refractivity contribution is 7.17. The first-order chi connectivity index (χ1) is 15.1. The first-order valence-electron chi connectivity index (χ1n) is 10.7. The first kappa shape index (κ1) is 20.2. The van der Waals surface area contributed by atoms with E-state index >= 15 is 0 Å². The Bertz CT molecular complexity index is 1140. The van der Waals surface area contributed by atoms with E-state index in [1.807, 2.05) is 0 Å². The number of piperazine rings is 1. The first-order valence-corrected chi connectivity index (χ1v) is 11.6. The summed E-state index contributed by atoms with van der Waals surface area (Å²) in [6.07, 6.45) is 1.67. The lowest BCUT2D eigenvalue weighted by molar-refractivity contribution is 0.0650. The fourth-order valence-electron chi connectivity index (χ4n) is 4.54. The van der Waals surface area contributed by atoms with E-state index in [0.29, 0.717) is 12.1 Å². The van der Waals surface area contributed by atoms with Gasteiger partial charge >= 0.3 is 0 Å². The number of carbonyl (C=O) groups is 2. The molecular formula is C24H24FN3O2S. The van der Waals surface area contributed by atoms with Crippen LogP contribution in [0.1, 0.15) is 33.6 Å². The maximum Gasteiger partial charge on any atom is 0.261 e. The van der Waals surface area contributed by atoms with Crippen LogP contribution in [0.3, 0.4) is 0 Å². The number of unbranched alkanes of at least 4 members (excludes halogenated alkanes) is 1. The van der Waals surface area contributed by atoms with Gasteiger partial charge in [-0.15, -0.1) is 11.3 Å². The van der Waals surface area contributed by atoms with Crippen molar-refractivity contribution < 1.29 is 14.0 Å². The number of carbonyl (C=O) groups excluding carboxylic acids is 2. The van der Waals surface area contributed by atoms with E-state index in [-0.39, 0.29) is 17.4 Å². The molecule has 2 amide bonds. The zero-order chi connectivity index (χ0) is 21.4. The minimum Gasteiger partial charge on any atom is -0.368 e. The molecule has 0 spiro atoms. The van der Waals surface area contributed by atoms with E-state index in [2.05, 4.69) is 39.4 Å². The van der Waals surface area contributed by atoms with Gasteiger partial charge in [0.2, 0.25) is 0 Å². The van der Waals surface area contributed by atoms with Gasteiger partial charge in [-0.1, -0.05) is 6.07 Å². The second-order valence-corrected chi connectivity index (χ2v) is 9.04. The van der Waals surface area contributed by atoms with Crippen LogP contribution in [0.5, 0.6) is 0 Å². The molecule has 2 aliphatic heterocycles. The third-order valence-corrected chi connectivity index (χ3v) is 7.11. The number of rotatable bonds is 6. The van der Waals surface area contributed by atoms with Gasteiger partial charge in [-0.3, -0.25) is 19.4 Å². The van der Waals surface area contributed by atoms with Gasteiger partial charge in [-0.25, -0.2) is 4.39 Å². The maximum absolute atomic E-state index is 13.4. The molecule has 3 heterocycles. The second kappa shape index (κ2) is 8.40. The molecule has 3 aromatic rings. The SMILES string of the molecule is O=C1c2ccc(F)cc2C(=O)N1CCCCN1CCN(c2cccc3sccc23)CC1. The van der Waals surface area contributed by atoms with Crippen LogP contribution in [-0.2, 0) is 0 Å². The number of imide groups is 1. The van der Waals surface area contributed by atoms with Crippen LogP contribution < -0.4 is 4.90 Å². The number of hydrogen-bond donors (Lipinski definition) is 0. The predicted molar refractivity (Wildman–Crippen MR) is 121 cm³/mol. The van der Waals surface area contributed by atoms with Crippen LogP contribution in [-0.4, -0.2) is 60.9 Å². The highest BCUT2D eigenvalue weighted by Gasteiger charge is 2.35.